The number of hydrogen-bond donors (Lipinski definition) is 1. The first-order valence-electron chi connectivity index (χ1n) is 5.31. The minimum absolute atomic E-state index is 0. The van der Waals surface area contributed by atoms with Gasteiger partial charge in [0.05, 0.1) is 0 Å². The van der Waals surface area contributed by atoms with Crippen LogP contribution in [0, 0.1) is 0 Å². The van der Waals surface area contributed by atoms with Gasteiger partial charge in [-0.3, -0.25) is 0 Å². The maximum Gasteiger partial charge on any atom is 0.0135 e. The van der Waals surface area contributed by atoms with E-state index in [2.05, 4.69) is 36.2 Å². The van der Waals surface area contributed by atoms with Gasteiger partial charge in [-0.1, -0.05) is 30.3 Å². The lowest BCUT2D eigenvalue weighted by atomic mass is 9.88. The fraction of sp³-hybridized carbons (Fsp3) is 0.385. The van der Waals surface area contributed by atoms with Gasteiger partial charge in [-0.15, -0.1) is 19.0 Å². The second-order valence-corrected chi connectivity index (χ2v) is 3.91. The summed E-state index contributed by atoms with van der Waals surface area (Å²) in [5.41, 5.74) is 3.05. The molecule has 1 aromatic rings. The molecule has 15 heavy (non-hydrogen) atoms. The van der Waals surface area contributed by atoms with E-state index in [9.17, 15) is 0 Å². The van der Waals surface area contributed by atoms with Crippen LogP contribution in [0.1, 0.15) is 17.5 Å². The van der Waals surface area contributed by atoms with Gasteiger partial charge in [-0.25, -0.2) is 0 Å². The number of aryl methyl sites for hydroxylation is 1. The minimum Gasteiger partial charge on any atom is -0.310 e. The Kier molecular flexibility index (Phi) is 4.86. The van der Waals surface area contributed by atoms with Crippen molar-refractivity contribution in [3.63, 3.8) is 0 Å². The average Bonchev–Trinajstić information content (AvgIpc) is 2.26. The van der Waals surface area contributed by atoms with Crippen LogP contribution >= 0.6 is 12.4 Å². The number of fused-ring (bicyclic) bond motifs is 1. The normalized spacial score (nSPS) is 18.8. The summed E-state index contributed by atoms with van der Waals surface area (Å²) in [6, 6.07) is 9.41. The summed E-state index contributed by atoms with van der Waals surface area (Å²) >= 11 is 0. The number of benzene rings is 1. The fourth-order valence-electron chi connectivity index (χ4n) is 2.12. The summed E-state index contributed by atoms with van der Waals surface area (Å²) in [5, 5.41) is 3.49. The highest BCUT2D eigenvalue weighted by atomic mass is 35.5. The van der Waals surface area contributed by atoms with E-state index >= 15 is 0 Å². The third kappa shape index (κ3) is 3.08. The minimum atomic E-state index is 0. The summed E-state index contributed by atoms with van der Waals surface area (Å²) in [7, 11) is 0. The maximum atomic E-state index is 3.73. The molecule has 0 spiro atoms. The van der Waals surface area contributed by atoms with Gasteiger partial charge in [0.15, 0.2) is 0 Å². The summed E-state index contributed by atoms with van der Waals surface area (Å²) in [6.07, 6.45) is 5.57. The highest BCUT2D eigenvalue weighted by Crippen LogP contribution is 2.20. The van der Waals surface area contributed by atoms with Gasteiger partial charge in [-0.05, 0) is 30.4 Å². The number of halogens is 1. The van der Waals surface area contributed by atoms with Gasteiger partial charge in [0.2, 0.25) is 0 Å². The maximum absolute atomic E-state index is 3.73. The summed E-state index contributed by atoms with van der Waals surface area (Å²) in [5.74, 6) is 0. The largest absolute Gasteiger partial charge is 0.310 e. The summed E-state index contributed by atoms with van der Waals surface area (Å²) in [6.45, 7) is 4.65. The topological polar surface area (TPSA) is 12.0 Å². The Balaban J connectivity index is 0.00000112. The molecule has 1 N–H and O–H groups in total. The Hall–Kier alpha value is -0.790. The molecule has 0 saturated carbocycles. The molecule has 1 atom stereocenters. The first-order valence-corrected chi connectivity index (χ1v) is 5.31. The van der Waals surface area contributed by atoms with Crippen molar-refractivity contribution >= 4 is 12.4 Å². The van der Waals surface area contributed by atoms with Crippen LogP contribution in [-0.2, 0) is 12.8 Å². The van der Waals surface area contributed by atoms with Crippen LogP contribution in [0.15, 0.2) is 36.9 Å². The van der Waals surface area contributed by atoms with Gasteiger partial charge >= 0.3 is 0 Å². The zero-order valence-corrected chi connectivity index (χ0v) is 9.72. The van der Waals surface area contributed by atoms with Crippen LogP contribution in [0.25, 0.3) is 0 Å². The Morgan fingerprint density at radius 1 is 1.33 bits per heavy atom. The van der Waals surface area contributed by atoms with Gasteiger partial charge in [0.1, 0.15) is 0 Å². The van der Waals surface area contributed by atoms with E-state index in [0.717, 1.165) is 6.54 Å². The molecule has 1 aliphatic rings. The third-order valence-corrected chi connectivity index (χ3v) is 2.90. The van der Waals surface area contributed by atoms with E-state index in [-0.39, 0.29) is 12.4 Å². The highest BCUT2D eigenvalue weighted by Gasteiger charge is 2.16. The van der Waals surface area contributed by atoms with Crippen molar-refractivity contribution in [3.05, 3.63) is 48.0 Å². The van der Waals surface area contributed by atoms with E-state index in [4.69, 9.17) is 0 Å². The Bertz CT molecular complexity index is 322. The van der Waals surface area contributed by atoms with Gasteiger partial charge < -0.3 is 5.32 Å². The van der Waals surface area contributed by atoms with Crippen LogP contribution in [0.3, 0.4) is 0 Å². The molecule has 1 nitrogen and oxygen atoms in total. The van der Waals surface area contributed by atoms with Crippen molar-refractivity contribution in [1.29, 1.82) is 0 Å². The molecule has 2 rings (SSSR count). The monoisotopic (exact) mass is 223 g/mol. The SMILES string of the molecule is C=CCNC1CCc2ccccc2C1.Cl. The van der Waals surface area contributed by atoms with E-state index in [0.29, 0.717) is 6.04 Å². The molecule has 1 aromatic carbocycles. The van der Waals surface area contributed by atoms with Crippen molar-refractivity contribution in [2.24, 2.45) is 0 Å². The Labute approximate surface area is 98.0 Å². The Morgan fingerprint density at radius 2 is 2.07 bits per heavy atom. The fourth-order valence-corrected chi connectivity index (χ4v) is 2.12. The van der Waals surface area contributed by atoms with E-state index in [1.54, 1.807) is 0 Å². The zero-order chi connectivity index (χ0) is 9.80. The van der Waals surface area contributed by atoms with Gasteiger partial charge in [-0.2, -0.15) is 0 Å². The molecule has 2 heteroatoms. The zero-order valence-electron chi connectivity index (χ0n) is 8.91. The van der Waals surface area contributed by atoms with Gasteiger partial charge in [0.25, 0.3) is 0 Å². The molecule has 0 aromatic heterocycles. The third-order valence-electron chi connectivity index (χ3n) is 2.90. The number of hydrogen-bond acceptors (Lipinski definition) is 1. The molecule has 1 aliphatic carbocycles. The quantitative estimate of drug-likeness (QED) is 0.778. The van der Waals surface area contributed by atoms with Crippen molar-refractivity contribution in [3.8, 4) is 0 Å². The van der Waals surface area contributed by atoms with Crippen molar-refractivity contribution in [1.82, 2.24) is 5.32 Å². The number of nitrogens with one attached hydrogen (secondary N) is 1. The molecular formula is C13H18ClN. The van der Waals surface area contributed by atoms with Crippen LogP contribution in [0.5, 0.6) is 0 Å². The predicted molar refractivity (Wildman–Crippen MR) is 67.7 cm³/mol. The molecule has 0 radical (unpaired) electrons. The molecule has 0 amide bonds. The first-order chi connectivity index (χ1) is 6.90. The van der Waals surface area contributed by atoms with Crippen LogP contribution < -0.4 is 5.32 Å². The predicted octanol–water partition coefficient (Wildman–Crippen LogP) is 2.74. The molecule has 0 aliphatic heterocycles. The van der Waals surface area contributed by atoms with E-state index < -0.39 is 0 Å². The van der Waals surface area contributed by atoms with Crippen molar-refractivity contribution < 1.29 is 0 Å². The average molecular weight is 224 g/mol. The van der Waals surface area contributed by atoms with E-state index in [1.807, 2.05) is 6.08 Å². The lowest BCUT2D eigenvalue weighted by molar-refractivity contribution is 0.480. The highest BCUT2D eigenvalue weighted by molar-refractivity contribution is 5.85. The lowest BCUT2D eigenvalue weighted by Crippen LogP contribution is -2.34. The summed E-state index contributed by atoms with van der Waals surface area (Å²) < 4.78 is 0. The van der Waals surface area contributed by atoms with Crippen molar-refractivity contribution in [2.45, 2.75) is 25.3 Å². The van der Waals surface area contributed by atoms with Crippen molar-refractivity contribution in [2.75, 3.05) is 6.54 Å². The molecule has 1 unspecified atom stereocenters. The smallest absolute Gasteiger partial charge is 0.0135 e. The standard InChI is InChI=1S/C13H17N.ClH/c1-2-9-14-13-8-7-11-5-3-4-6-12(11)10-13;/h2-6,13-14H,1,7-10H2;1H. The molecule has 82 valence electrons. The molecule has 0 bridgehead atoms. The van der Waals surface area contributed by atoms with Gasteiger partial charge in [0, 0.05) is 12.6 Å². The van der Waals surface area contributed by atoms with E-state index in [1.165, 1.54) is 30.4 Å². The lowest BCUT2D eigenvalue weighted by Gasteiger charge is -2.25. The molecular weight excluding hydrogens is 206 g/mol. The Morgan fingerprint density at radius 3 is 2.80 bits per heavy atom. The number of rotatable bonds is 3. The van der Waals surface area contributed by atoms with Crippen LogP contribution in [0.2, 0.25) is 0 Å². The van der Waals surface area contributed by atoms with Crippen LogP contribution in [0.4, 0.5) is 0 Å². The van der Waals surface area contributed by atoms with Crippen LogP contribution in [-0.4, -0.2) is 12.6 Å². The summed E-state index contributed by atoms with van der Waals surface area (Å²) in [4.78, 5) is 0. The second kappa shape index (κ2) is 5.94. The molecule has 0 heterocycles. The molecule has 0 saturated heterocycles. The molecule has 0 fully saturated rings. The first kappa shape index (κ1) is 12.3. The second-order valence-electron chi connectivity index (χ2n) is 3.91.